The lowest BCUT2D eigenvalue weighted by molar-refractivity contribution is -0.120. The maximum atomic E-state index is 13.0. The highest BCUT2D eigenvalue weighted by molar-refractivity contribution is 7.89. The first-order valence-electron chi connectivity index (χ1n) is 9.63. The first-order valence-corrected chi connectivity index (χ1v) is 13.5. The molecular formula is C20H19Cl2N3O4S3. The highest BCUT2D eigenvalue weighted by Crippen LogP contribution is 2.39. The minimum Gasteiger partial charge on any atom is -0.497 e. The van der Waals surface area contributed by atoms with E-state index in [4.69, 9.17) is 27.9 Å². The number of piperidine rings is 1. The third kappa shape index (κ3) is 4.95. The number of benzene rings is 1. The number of nitrogens with zero attached hydrogens (tertiary/aromatic N) is 2. The predicted molar refractivity (Wildman–Crippen MR) is 129 cm³/mol. The molecule has 170 valence electrons. The van der Waals surface area contributed by atoms with Crippen LogP contribution in [-0.4, -0.2) is 43.8 Å². The first kappa shape index (κ1) is 23.5. The maximum absolute atomic E-state index is 13.0. The van der Waals surface area contributed by atoms with Gasteiger partial charge in [-0.15, -0.1) is 22.7 Å². The summed E-state index contributed by atoms with van der Waals surface area (Å²) in [6, 6.07) is 7.97. The molecule has 1 unspecified atom stereocenters. The number of methoxy groups -OCH3 is 1. The summed E-state index contributed by atoms with van der Waals surface area (Å²) in [5, 5.41) is 5.03. The monoisotopic (exact) mass is 531 g/mol. The van der Waals surface area contributed by atoms with Crippen molar-refractivity contribution in [2.24, 2.45) is 5.92 Å². The van der Waals surface area contributed by atoms with Gasteiger partial charge in [0.05, 0.1) is 28.0 Å². The number of halogens is 2. The number of hydrogen-bond donors (Lipinski definition) is 1. The van der Waals surface area contributed by atoms with Gasteiger partial charge in [0.2, 0.25) is 15.9 Å². The fourth-order valence-electron chi connectivity index (χ4n) is 3.45. The van der Waals surface area contributed by atoms with Crippen molar-refractivity contribution >= 4 is 66.9 Å². The van der Waals surface area contributed by atoms with E-state index in [0.29, 0.717) is 50.2 Å². The second-order valence-corrected chi connectivity index (χ2v) is 12.2. The van der Waals surface area contributed by atoms with Gasteiger partial charge in [-0.2, -0.15) is 4.31 Å². The molecule has 4 rings (SSSR count). The van der Waals surface area contributed by atoms with Gasteiger partial charge in [-0.3, -0.25) is 4.79 Å². The summed E-state index contributed by atoms with van der Waals surface area (Å²) in [6.45, 7) is 0.487. The molecule has 1 atom stereocenters. The Hall–Kier alpha value is -1.69. The Balaban J connectivity index is 1.44. The Kier molecular flexibility index (Phi) is 7.09. The molecule has 1 amide bonds. The zero-order valence-electron chi connectivity index (χ0n) is 16.9. The number of thiophene rings is 1. The quantitative estimate of drug-likeness (QED) is 0.470. The van der Waals surface area contributed by atoms with Gasteiger partial charge in [-0.25, -0.2) is 13.4 Å². The Morgan fingerprint density at radius 1 is 1.28 bits per heavy atom. The number of nitrogens with one attached hydrogen (secondary N) is 1. The van der Waals surface area contributed by atoms with Crippen molar-refractivity contribution in [3.63, 3.8) is 0 Å². The fraction of sp³-hybridized carbons (Fsp3) is 0.300. The van der Waals surface area contributed by atoms with Crippen LogP contribution in [0.5, 0.6) is 5.75 Å². The first-order chi connectivity index (χ1) is 15.3. The van der Waals surface area contributed by atoms with Gasteiger partial charge in [-0.05, 0) is 43.2 Å². The van der Waals surface area contributed by atoms with E-state index in [1.54, 1.807) is 23.6 Å². The molecule has 1 saturated heterocycles. The summed E-state index contributed by atoms with van der Waals surface area (Å²) in [4.78, 5) is 17.5. The van der Waals surface area contributed by atoms with Gasteiger partial charge < -0.3 is 10.1 Å². The van der Waals surface area contributed by atoms with Crippen molar-refractivity contribution in [2.75, 3.05) is 25.5 Å². The van der Waals surface area contributed by atoms with E-state index >= 15 is 0 Å². The van der Waals surface area contributed by atoms with Gasteiger partial charge in [0.1, 0.15) is 10.1 Å². The molecule has 0 radical (unpaired) electrons. The summed E-state index contributed by atoms with van der Waals surface area (Å²) in [7, 11) is -2.18. The highest BCUT2D eigenvalue weighted by Gasteiger charge is 2.33. The maximum Gasteiger partial charge on any atom is 0.243 e. The highest BCUT2D eigenvalue weighted by atomic mass is 35.5. The zero-order chi connectivity index (χ0) is 22.9. The number of amides is 1. The zero-order valence-corrected chi connectivity index (χ0v) is 20.8. The summed E-state index contributed by atoms with van der Waals surface area (Å²) in [5.41, 5.74) is 1.35. The smallest absolute Gasteiger partial charge is 0.243 e. The Bertz CT molecular complexity index is 1230. The molecule has 32 heavy (non-hydrogen) atoms. The van der Waals surface area contributed by atoms with Crippen LogP contribution >= 0.6 is 45.9 Å². The van der Waals surface area contributed by atoms with E-state index in [1.165, 1.54) is 46.2 Å². The molecule has 1 fully saturated rings. The van der Waals surface area contributed by atoms with Crippen LogP contribution in [0.25, 0.3) is 11.3 Å². The summed E-state index contributed by atoms with van der Waals surface area (Å²) in [6.07, 6.45) is 1.20. The van der Waals surface area contributed by atoms with E-state index in [9.17, 15) is 13.2 Å². The summed E-state index contributed by atoms with van der Waals surface area (Å²) >= 11 is 14.7. The molecule has 0 spiro atoms. The number of anilines is 1. The van der Waals surface area contributed by atoms with Crippen molar-refractivity contribution in [3.05, 3.63) is 44.4 Å². The molecule has 3 heterocycles. The number of hydrogen-bond acceptors (Lipinski definition) is 7. The molecule has 3 aromatic rings. The third-order valence-electron chi connectivity index (χ3n) is 5.12. The van der Waals surface area contributed by atoms with Crippen molar-refractivity contribution < 1.29 is 17.9 Å². The number of rotatable bonds is 6. The Labute approximate surface area is 204 Å². The molecule has 0 saturated carbocycles. The topological polar surface area (TPSA) is 88.6 Å². The van der Waals surface area contributed by atoms with E-state index in [0.717, 1.165) is 0 Å². The van der Waals surface area contributed by atoms with Crippen LogP contribution in [-0.2, 0) is 14.8 Å². The molecule has 2 aromatic heterocycles. The van der Waals surface area contributed by atoms with Crippen LogP contribution in [0.1, 0.15) is 12.8 Å². The van der Waals surface area contributed by atoms with Gasteiger partial charge in [0.15, 0.2) is 5.13 Å². The number of carbonyl (C=O) groups excluding carboxylic acids is 1. The molecule has 1 aliphatic heterocycles. The van der Waals surface area contributed by atoms with Crippen LogP contribution in [0.3, 0.4) is 0 Å². The minimum absolute atomic E-state index is 0.115. The normalized spacial score (nSPS) is 17.3. The van der Waals surface area contributed by atoms with Gasteiger partial charge in [0, 0.05) is 24.0 Å². The van der Waals surface area contributed by atoms with Crippen LogP contribution in [0.4, 0.5) is 5.13 Å². The van der Waals surface area contributed by atoms with Crippen molar-refractivity contribution in [3.8, 4) is 17.0 Å². The van der Waals surface area contributed by atoms with Crippen molar-refractivity contribution in [1.82, 2.24) is 9.29 Å². The van der Waals surface area contributed by atoms with E-state index in [-0.39, 0.29) is 17.3 Å². The number of ether oxygens (including phenoxy) is 1. The van der Waals surface area contributed by atoms with Gasteiger partial charge in [-0.1, -0.05) is 23.2 Å². The van der Waals surface area contributed by atoms with Crippen molar-refractivity contribution in [2.45, 2.75) is 17.7 Å². The molecule has 0 aliphatic carbocycles. The average Bonchev–Trinajstić information content (AvgIpc) is 3.39. The molecule has 0 bridgehead atoms. The third-order valence-corrected chi connectivity index (χ3v) is 9.24. The molecule has 7 nitrogen and oxygen atoms in total. The van der Waals surface area contributed by atoms with Gasteiger partial charge in [0.25, 0.3) is 0 Å². The second-order valence-electron chi connectivity index (χ2n) is 7.14. The molecule has 12 heteroatoms. The largest absolute Gasteiger partial charge is 0.497 e. The lowest BCUT2D eigenvalue weighted by atomic mass is 9.99. The van der Waals surface area contributed by atoms with Crippen LogP contribution in [0.2, 0.25) is 8.67 Å². The number of thiazole rings is 1. The number of sulfonamides is 1. The van der Waals surface area contributed by atoms with Crippen LogP contribution in [0.15, 0.2) is 40.6 Å². The summed E-state index contributed by atoms with van der Waals surface area (Å²) in [5.74, 6) is -0.146. The number of carbonyl (C=O) groups is 1. The molecule has 1 N–H and O–H groups in total. The average molecular weight is 532 g/mol. The lowest BCUT2D eigenvalue weighted by Gasteiger charge is -2.31. The van der Waals surface area contributed by atoms with Crippen molar-refractivity contribution in [1.29, 1.82) is 0 Å². The minimum atomic E-state index is -3.70. The van der Waals surface area contributed by atoms with E-state index < -0.39 is 15.9 Å². The second kappa shape index (κ2) is 9.66. The van der Waals surface area contributed by atoms with Crippen LogP contribution < -0.4 is 10.1 Å². The lowest BCUT2D eigenvalue weighted by Crippen LogP contribution is -2.43. The van der Waals surface area contributed by atoms with Crippen LogP contribution in [0, 0.1) is 5.92 Å². The summed E-state index contributed by atoms with van der Waals surface area (Å²) < 4.78 is 33.6. The Morgan fingerprint density at radius 2 is 2.03 bits per heavy atom. The predicted octanol–water partition coefficient (Wildman–Crippen LogP) is 5.23. The number of aromatic nitrogens is 1. The standard InChI is InChI=1S/C20H19Cl2N3O4S3/c1-29-13-4-6-14(7-5-13)32(27,28)25-8-2-3-12(10-25)19(26)24-20-23-16(11-30-20)15-9-17(21)31-18(15)22/h4-7,9,11-12H,2-3,8,10H2,1H3,(H,23,24,26). The van der Waals surface area contributed by atoms with E-state index in [2.05, 4.69) is 10.3 Å². The molecule has 1 aromatic carbocycles. The van der Waals surface area contributed by atoms with Gasteiger partial charge >= 0.3 is 0 Å². The molecule has 1 aliphatic rings. The SMILES string of the molecule is COc1ccc(S(=O)(=O)N2CCCC(C(=O)Nc3nc(-c4cc(Cl)sc4Cl)cs3)C2)cc1. The fourth-order valence-corrected chi connectivity index (χ4v) is 7.17. The Morgan fingerprint density at radius 3 is 2.69 bits per heavy atom. The van der Waals surface area contributed by atoms with E-state index in [1.807, 2.05) is 0 Å². The molecular weight excluding hydrogens is 513 g/mol.